The van der Waals surface area contributed by atoms with Crippen molar-refractivity contribution >= 4 is 45.9 Å². The van der Waals surface area contributed by atoms with E-state index in [1.165, 1.54) is 12.1 Å². The number of carbonyl (C=O) groups is 1. The summed E-state index contributed by atoms with van der Waals surface area (Å²) < 4.78 is 0. The van der Waals surface area contributed by atoms with Gasteiger partial charge >= 0.3 is 0 Å². The molecule has 0 saturated heterocycles. The molecule has 2 N–H and O–H groups in total. The molecule has 1 unspecified atom stereocenters. The third-order valence-corrected chi connectivity index (χ3v) is 6.84. The molecule has 3 aromatic rings. The molecular weight excluding hydrogens is 472 g/mol. The van der Waals surface area contributed by atoms with Crippen molar-refractivity contribution in [2.75, 3.05) is 15.5 Å². The van der Waals surface area contributed by atoms with E-state index >= 15 is 0 Å². The number of nitro groups is 1. The molecule has 0 radical (unpaired) electrons. The summed E-state index contributed by atoms with van der Waals surface area (Å²) in [5, 5.41) is 18.9. The fraction of sp³-hybridized carbons (Fsp3) is 0.214. The van der Waals surface area contributed by atoms with Gasteiger partial charge in [-0.2, -0.15) is 0 Å². The molecule has 3 aromatic carbocycles. The zero-order chi connectivity index (χ0) is 25.4. The molecule has 0 fully saturated rings. The lowest BCUT2D eigenvalue weighted by atomic mass is 9.73. The smallest absolute Gasteiger partial charge is 0.269 e. The van der Waals surface area contributed by atoms with Crippen LogP contribution in [0, 0.1) is 15.5 Å². The summed E-state index contributed by atoms with van der Waals surface area (Å²) in [6.07, 6.45) is 1.04. The van der Waals surface area contributed by atoms with E-state index in [4.69, 9.17) is 12.2 Å². The predicted molar refractivity (Wildman–Crippen MR) is 146 cm³/mol. The number of ketones is 1. The average Bonchev–Trinajstić information content (AvgIpc) is 2.98. The molecule has 8 heteroatoms. The van der Waals surface area contributed by atoms with Crippen LogP contribution >= 0.6 is 12.2 Å². The van der Waals surface area contributed by atoms with Gasteiger partial charge in [0, 0.05) is 35.5 Å². The molecule has 0 spiro atoms. The molecule has 5 rings (SSSR count). The van der Waals surface area contributed by atoms with E-state index in [-0.39, 0.29) is 16.9 Å². The second kappa shape index (κ2) is 9.20. The van der Waals surface area contributed by atoms with Gasteiger partial charge in [0.2, 0.25) is 0 Å². The van der Waals surface area contributed by atoms with E-state index in [2.05, 4.69) is 24.5 Å². The minimum Gasteiger partial charge on any atom is -0.357 e. The predicted octanol–water partition coefficient (Wildman–Crippen LogP) is 6.61. The van der Waals surface area contributed by atoms with Crippen molar-refractivity contribution in [1.82, 2.24) is 0 Å². The minimum atomic E-state index is -0.650. The Labute approximate surface area is 215 Å². The summed E-state index contributed by atoms with van der Waals surface area (Å²) in [7, 11) is 0. The maximum absolute atomic E-state index is 13.8. The number of hydrogen-bond donors (Lipinski definition) is 2. The van der Waals surface area contributed by atoms with E-state index in [1.807, 2.05) is 65.6 Å². The Morgan fingerprint density at radius 2 is 1.78 bits per heavy atom. The number of thiocarbonyl (C=S) groups is 1. The molecular formula is C28H26N4O3S. The number of allylic oxidation sites excluding steroid dienone is 1. The Balaban J connectivity index is 1.75. The van der Waals surface area contributed by atoms with Gasteiger partial charge in [0.05, 0.1) is 22.3 Å². The summed E-state index contributed by atoms with van der Waals surface area (Å²) in [5.74, 6) is 0.00516. The number of hydrogen-bond acceptors (Lipinski definition) is 5. The van der Waals surface area contributed by atoms with Crippen LogP contribution in [0.2, 0.25) is 0 Å². The number of benzene rings is 3. The van der Waals surface area contributed by atoms with E-state index < -0.39 is 11.0 Å². The lowest BCUT2D eigenvalue weighted by Gasteiger charge is -2.38. The molecule has 182 valence electrons. The van der Waals surface area contributed by atoms with Crippen LogP contribution < -0.4 is 15.5 Å². The maximum atomic E-state index is 13.8. The van der Waals surface area contributed by atoms with Crippen LogP contribution in [-0.4, -0.2) is 15.8 Å². The molecule has 0 saturated carbocycles. The van der Waals surface area contributed by atoms with Gasteiger partial charge in [-0.1, -0.05) is 56.3 Å². The SMILES string of the molecule is CC1(C)CC(=O)C2=C(C1)Nc1ccccc1N(C(=S)Nc1ccccc1)C2c1cccc([N+](=O)[O-])c1. The van der Waals surface area contributed by atoms with Crippen molar-refractivity contribution < 1.29 is 9.72 Å². The first kappa shape index (κ1) is 23.7. The van der Waals surface area contributed by atoms with Crippen molar-refractivity contribution in [2.45, 2.75) is 32.7 Å². The largest absolute Gasteiger partial charge is 0.357 e. The molecule has 7 nitrogen and oxygen atoms in total. The van der Waals surface area contributed by atoms with Crippen LogP contribution in [0.3, 0.4) is 0 Å². The van der Waals surface area contributed by atoms with Gasteiger partial charge in [-0.15, -0.1) is 0 Å². The third-order valence-electron chi connectivity index (χ3n) is 6.54. The number of nitro benzene ring substituents is 1. The number of fused-ring (bicyclic) bond motifs is 1. The highest BCUT2D eigenvalue weighted by Crippen LogP contribution is 2.48. The van der Waals surface area contributed by atoms with E-state index in [1.54, 1.807) is 6.07 Å². The molecule has 1 atom stereocenters. The minimum absolute atomic E-state index is 0.00516. The van der Waals surface area contributed by atoms with Crippen LogP contribution in [0.15, 0.2) is 90.1 Å². The quantitative estimate of drug-likeness (QED) is 0.239. The van der Waals surface area contributed by atoms with Crippen molar-refractivity contribution in [3.63, 3.8) is 0 Å². The summed E-state index contributed by atoms with van der Waals surface area (Å²) in [5.41, 5.74) is 4.19. The Bertz CT molecular complexity index is 1400. The van der Waals surface area contributed by atoms with Crippen LogP contribution in [0.5, 0.6) is 0 Å². The third kappa shape index (κ3) is 4.47. The van der Waals surface area contributed by atoms with E-state index in [0.29, 0.717) is 29.1 Å². The number of nitrogens with zero attached hydrogens (tertiary/aromatic N) is 2. The van der Waals surface area contributed by atoms with Gasteiger partial charge in [0.1, 0.15) is 0 Å². The first-order chi connectivity index (χ1) is 17.2. The fourth-order valence-corrected chi connectivity index (χ4v) is 5.36. The van der Waals surface area contributed by atoms with Crippen LogP contribution in [0.25, 0.3) is 0 Å². The summed E-state index contributed by atoms with van der Waals surface area (Å²) in [6.45, 7) is 4.16. The molecule has 1 aliphatic carbocycles. The number of non-ortho nitro benzene ring substituents is 1. The highest BCUT2D eigenvalue weighted by molar-refractivity contribution is 7.80. The highest BCUT2D eigenvalue weighted by atomic mass is 32.1. The van der Waals surface area contributed by atoms with Gasteiger partial charge in [-0.05, 0) is 53.9 Å². The molecule has 0 aromatic heterocycles. The summed E-state index contributed by atoms with van der Waals surface area (Å²) in [4.78, 5) is 26.9. The Morgan fingerprint density at radius 1 is 1.06 bits per heavy atom. The van der Waals surface area contributed by atoms with Crippen molar-refractivity contribution in [2.24, 2.45) is 5.41 Å². The van der Waals surface area contributed by atoms with Gasteiger partial charge < -0.3 is 15.5 Å². The van der Waals surface area contributed by atoms with Gasteiger partial charge in [0.15, 0.2) is 10.9 Å². The lowest BCUT2D eigenvalue weighted by molar-refractivity contribution is -0.384. The standard InChI is InChI=1S/C28H26N4O3S/c1-28(2)16-22-25(24(33)17-28)26(18-9-8-12-20(15-18)32(34)35)31(23-14-7-6-13-21(23)30-22)27(36)29-19-10-4-3-5-11-19/h3-15,26,30H,16-17H2,1-2H3,(H,29,36). The van der Waals surface area contributed by atoms with Crippen LogP contribution in [0.1, 0.15) is 38.3 Å². The summed E-state index contributed by atoms with van der Waals surface area (Å²) in [6, 6.07) is 23.1. The number of rotatable bonds is 3. The molecule has 0 bridgehead atoms. The molecule has 2 aliphatic rings. The van der Waals surface area contributed by atoms with Crippen molar-refractivity contribution in [1.29, 1.82) is 0 Å². The molecule has 1 aliphatic heterocycles. The van der Waals surface area contributed by atoms with Gasteiger partial charge in [-0.25, -0.2) is 0 Å². The first-order valence-corrected chi connectivity index (χ1v) is 12.2. The Hall–Kier alpha value is -4.04. The summed E-state index contributed by atoms with van der Waals surface area (Å²) >= 11 is 5.95. The second-order valence-corrected chi connectivity index (χ2v) is 10.3. The highest BCUT2D eigenvalue weighted by Gasteiger charge is 2.42. The molecule has 36 heavy (non-hydrogen) atoms. The zero-order valence-electron chi connectivity index (χ0n) is 20.0. The van der Waals surface area contributed by atoms with E-state index in [9.17, 15) is 14.9 Å². The number of carbonyl (C=O) groups excluding carboxylic acids is 1. The van der Waals surface area contributed by atoms with Gasteiger partial charge in [-0.3, -0.25) is 14.9 Å². The van der Waals surface area contributed by atoms with Crippen LogP contribution in [0.4, 0.5) is 22.7 Å². The molecule has 1 heterocycles. The number of para-hydroxylation sites is 3. The lowest BCUT2D eigenvalue weighted by Crippen LogP contribution is -2.41. The monoisotopic (exact) mass is 498 g/mol. The number of nitrogens with one attached hydrogen (secondary N) is 2. The fourth-order valence-electron chi connectivity index (χ4n) is 5.04. The number of Topliss-reactive ketones (excluding diaryl/α,β-unsaturated/α-hetero) is 1. The Morgan fingerprint density at radius 3 is 2.53 bits per heavy atom. The van der Waals surface area contributed by atoms with Crippen LogP contribution in [-0.2, 0) is 4.79 Å². The first-order valence-electron chi connectivity index (χ1n) is 11.8. The second-order valence-electron chi connectivity index (χ2n) is 9.90. The number of anilines is 3. The maximum Gasteiger partial charge on any atom is 0.269 e. The molecule has 0 amide bonds. The Kier molecular flexibility index (Phi) is 6.05. The average molecular weight is 499 g/mol. The normalized spacial score (nSPS) is 18.4. The van der Waals surface area contributed by atoms with Gasteiger partial charge in [0.25, 0.3) is 5.69 Å². The zero-order valence-corrected chi connectivity index (χ0v) is 20.8. The van der Waals surface area contributed by atoms with Crippen molar-refractivity contribution in [3.8, 4) is 0 Å². The van der Waals surface area contributed by atoms with E-state index in [0.717, 1.165) is 22.8 Å². The topological polar surface area (TPSA) is 87.5 Å². The van der Waals surface area contributed by atoms with Crippen molar-refractivity contribution in [3.05, 3.63) is 106 Å².